The molecule has 3 rings (SSSR count). The molecule has 0 aromatic heterocycles. The summed E-state index contributed by atoms with van der Waals surface area (Å²) in [6.45, 7) is 4.16. The molecule has 0 unspecified atom stereocenters. The first-order valence-corrected chi connectivity index (χ1v) is 7.88. The molecule has 1 aliphatic heterocycles. The molecule has 0 radical (unpaired) electrons. The van der Waals surface area contributed by atoms with Crippen molar-refractivity contribution in [2.45, 2.75) is 20.3 Å². The molecule has 0 fully saturated rings. The second kappa shape index (κ2) is 6.93. The summed E-state index contributed by atoms with van der Waals surface area (Å²) in [5.74, 6) is 1.04. The maximum Gasteiger partial charge on any atom is 0.244 e. The molecule has 0 saturated heterocycles. The predicted octanol–water partition coefficient (Wildman–Crippen LogP) is 3.38. The lowest BCUT2D eigenvalue weighted by Crippen LogP contribution is -2.20. The van der Waals surface area contributed by atoms with Gasteiger partial charge in [0, 0.05) is 11.6 Å². The number of fused-ring (bicyclic) bond motifs is 1. The lowest BCUT2D eigenvalue weighted by molar-refractivity contribution is -0.120. The molecular formula is C18H17ClN2O3. The van der Waals surface area contributed by atoms with Gasteiger partial charge in [-0.1, -0.05) is 35.4 Å². The van der Waals surface area contributed by atoms with E-state index in [2.05, 4.69) is 10.5 Å². The van der Waals surface area contributed by atoms with Crippen molar-refractivity contribution in [3.63, 3.8) is 0 Å². The van der Waals surface area contributed by atoms with Gasteiger partial charge in [-0.2, -0.15) is 5.10 Å². The monoisotopic (exact) mass is 344 g/mol. The van der Waals surface area contributed by atoms with Crippen LogP contribution in [0.15, 0.2) is 35.4 Å². The number of aryl methyl sites for hydroxylation is 2. The number of carbonyl (C=O) groups excluding carboxylic acids is 1. The Labute approximate surface area is 145 Å². The number of hydrazone groups is 1. The highest BCUT2D eigenvalue weighted by molar-refractivity contribution is 6.33. The summed E-state index contributed by atoms with van der Waals surface area (Å²) in [6, 6.07) is 9.44. The molecule has 5 nitrogen and oxygen atoms in total. The van der Waals surface area contributed by atoms with E-state index in [-0.39, 0.29) is 19.1 Å². The summed E-state index contributed by atoms with van der Waals surface area (Å²) in [5.41, 5.74) is 6.36. The average Bonchev–Trinajstić information content (AvgIpc) is 2.98. The molecule has 2 aromatic carbocycles. The van der Waals surface area contributed by atoms with Crippen LogP contribution in [0, 0.1) is 13.8 Å². The van der Waals surface area contributed by atoms with Crippen LogP contribution >= 0.6 is 11.6 Å². The Morgan fingerprint density at radius 2 is 2.00 bits per heavy atom. The number of nitrogens with one attached hydrogen (secondary N) is 1. The van der Waals surface area contributed by atoms with Gasteiger partial charge in [0.25, 0.3) is 0 Å². The molecule has 1 aliphatic rings. The summed E-state index contributed by atoms with van der Waals surface area (Å²) >= 11 is 6.15. The molecule has 1 N–H and O–H groups in total. The Morgan fingerprint density at radius 3 is 2.79 bits per heavy atom. The molecule has 6 heteroatoms. The third-order valence-electron chi connectivity index (χ3n) is 3.74. The van der Waals surface area contributed by atoms with E-state index in [1.807, 2.05) is 32.0 Å². The molecular weight excluding hydrogens is 328 g/mol. The Bertz CT molecular complexity index is 818. The maximum absolute atomic E-state index is 12.0. The van der Waals surface area contributed by atoms with Crippen LogP contribution in [0.3, 0.4) is 0 Å². The SMILES string of the molecule is Cc1ccc(C)c(CC(=O)N/N=C\c2cc3c(cc2Cl)OCO3)c1. The molecule has 0 spiro atoms. The zero-order valence-electron chi connectivity index (χ0n) is 13.4. The second-order valence-electron chi connectivity index (χ2n) is 5.63. The van der Waals surface area contributed by atoms with E-state index in [1.165, 1.54) is 6.21 Å². The number of ether oxygens (including phenoxy) is 2. The highest BCUT2D eigenvalue weighted by Gasteiger charge is 2.15. The molecule has 0 saturated carbocycles. The van der Waals surface area contributed by atoms with Gasteiger partial charge in [0.1, 0.15) is 0 Å². The Morgan fingerprint density at radius 1 is 1.25 bits per heavy atom. The van der Waals surface area contributed by atoms with Crippen molar-refractivity contribution in [1.82, 2.24) is 5.43 Å². The minimum Gasteiger partial charge on any atom is -0.454 e. The van der Waals surface area contributed by atoms with Crippen molar-refractivity contribution in [3.8, 4) is 11.5 Å². The summed E-state index contributed by atoms with van der Waals surface area (Å²) in [7, 11) is 0. The average molecular weight is 345 g/mol. The standard InChI is InChI=1S/C18H17ClN2O3/c1-11-3-4-12(2)13(5-11)7-18(22)21-20-9-14-6-16-17(8-15(14)19)24-10-23-16/h3-6,8-9H,7,10H2,1-2H3,(H,21,22)/b20-9-. The quantitative estimate of drug-likeness (QED) is 0.683. The van der Waals surface area contributed by atoms with Gasteiger partial charge in [0.05, 0.1) is 17.7 Å². The maximum atomic E-state index is 12.0. The van der Waals surface area contributed by atoms with Crippen molar-refractivity contribution < 1.29 is 14.3 Å². The molecule has 2 aromatic rings. The van der Waals surface area contributed by atoms with E-state index in [4.69, 9.17) is 21.1 Å². The molecule has 0 aliphatic carbocycles. The first-order valence-electron chi connectivity index (χ1n) is 7.50. The number of amides is 1. The van der Waals surface area contributed by atoms with Crippen molar-refractivity contribution in [1.29, 1.82) is 0 Å². The lowest BCUT2D eigenvalue weighted by atomic mass is 10.0. The van der Waals surface area contributed by atoms with Crippen molar-refractivity contribution in [3.05, 3.63) is 57.6 Å². The van der Waals surface area contributed by atoms with Crippen LogP contribution in [0.1, 0.15) is 22.3 Å². The number of rotatable bonds is 4. The fraction of sp³-hybridized carbons (Fsp3) is 0.222. The fourth-order valence-corrected chi connectivity index (χ4v) is 2.61. The van der Waals surface area contributed by atoms with E-state index >= 15 is 0 Å². The molecule has 1 amide bonds. The minimum atomic E-state index is -0.184. The van der Waals surface area contributed by atoms with Crippen molar-refractivity contribution >= 4 is 23.7 Å². The summed E-state index contributed by atoms with van der Waals surface area (Å²) < 4.78 is 10.5. The van der Waals surface area contributed by atoms with Crippen LogP contribution in [-0.4, -0.2) is 18.9 Å². The van der Waals surface area contributed by atoms with Crippen LogP contribution in [-0.2, 0) is 11.2 Å². The van der Waals surface area contributed by atoms with E-state index < -0.39 is 0 Å². The number of nitrogens with zero attached hydrogens (tertiary/aromatic N) is 1. The van der Waals surface area contributed by atoms with Crippen LogP contribution in [0.25, 0.3) is 0 Å². The molecule has 124 valence electrons. The second-order valence-corrected chi connectivity index (χ2v) is 6.03. The highest BCUT2D eigenvalue weighted by atomic mass is 35.5. The number of hydrogen-bond acceptors (Lipinski definition) is 4. The summed E-state index contributed by atoms with van der Waals surface area (Å²) in [6.07, 6.45) is 1.77. The zero-order valence-corrected chi connectivity index (χ0v) is 14.2. The van der Waals surface area contributed by atoms with E-state index in [9.17, 15) is 4.79 Å². The fourth-order valence-electron chi connectivity index (χ4n) is 2.41. The van der Waals surface area contributed by atoms with Crippen LogP contribution in [0.5, 0.6) is 11.5 Å². The lowest BCUT2D eigenvalue weighted by Gasteiger charge is -2.06. The van der Waals surface area contributed by atoms with Gasteiger partial charge in [-0.15, -0.1) is 0 Å². The zero-order chi connectivity index (χ0) is 17.1. The number of halogens is 1. The number of hydrogen-bond donors (Lipinski definition) is 1. The minimum absolute atomic E-state index is 0.179. The molecule has 0 bridgehead atoms. The van der Waals surface area contributed by atoms with Crippen molar-refractivity contribution in [2.75, 3.05) is 6.79 Å². The molecule has 0 atom stereocenters. The van der Waals surface area contributed by atoms with Gasteiger partial charge < -0.3 is 9.47 Å². The van der Waals surface area contributed by atoms with Crippen LogP contribution in [0.4, 0.5) is 0 Å². The Hall–Kier alpha value is -2.53. The van der Waals surface area contributed by atoms with Gasteiger partial charge in [0.15, 0.2) is 11.5 Å². The van der Waals surface area contributed by atoms with Gasteiger partial charge in [0.2, 0.25) is 12.7 Å². The van der Waals surface area contributed by atoms with Gasteiger partial charge >= 0.3 is 0 Å². The van der Waals surface area contributed by atoms with Crippen LogP contribution in [0.2, 0.25) is 5.02 Å². The van der Waals surface area contributed by atoms with E-state index in [0.717, 1.165) is 16.7 Å². The molecule has 24 heavy (non-hydrogen) atoms. The normalized spacial score (nSPS) is 12.6. The summed E-state index contributed by atoms with van der Waals surface area (Å²) in [4.78, 5) is 12.0. The Balaban J connectivity index is 1.64. The molecule has 1 heterocycles. The summed E-state index contributed by atoms with van der Waals surface area (Å²) in [5, 5.41) is 4.45. The van der Waals surface area contributed by atoms with Crippen LogP contribution < -0.4 is 14.9 Å². The van der Waals surface area contributed by atoms with Crippen molar-refractivity contribution in [2.24, 2.45) is 5.10 Å². The smallest absolute Gasteiger partial charge is 0.244 e. The number of carbonyl (C=O) groups is 1. The Kier molecular flexibility index (Phi) is 4.71. The largest absolute Gasteiger partial charge is 0.454 e. The number of benzene rings is 2. The van der Waals surface area contributed by atoms with Gasteiger partial charge in [-0.05, 0) is 31.0 Å². The third kappa shape index (κ3) is 3.68. The predicted molar refractivity (Wildman–Crippen MR) is 92.9 cm³/mol. The highest BCUT2D eigenvalue weighted by Crippen LogP contribution is 2.36. The van der Waals surface area contributed by atoms with Gasteiger partial charge in [-0.3, -0.25) is 4.79 Å². The third-order valence-corrected chi connectivity index (χ3v) is 4.07. The first kappa shape index (κ1) is 16.3. The van der Waals surface area contributed by atoms with E-state index in [1.54, 1.807) is 12.1 Å². The first-order chi connectivity index (χ1) is 11.5. The van der Waals surface area contributed by atoms with Gasteiger partial charge in [-0.25, -0.2) is 5.43 Å². The van der Waals surface area contributed by atoms with E-state index in [0.29, 0.717) is 22.1 Å². The topological polar surface area (TPSA) is 59.9 Å².